The van der Waals surface area contributed by atoms with Crippen molar-refractivity contribution in [2.24, 2.45) is 5.92 Å². The molecule has 106 valence electrons. The van der Waals surface area contributed by atoms with Gasteiger partial charge in [0.05, 0.1) is 12.3 Å². The van der Waals surface area contributed by atoms with Gasteiger partial charge in [0.1, 0.15) is 5.76 Å². The molecule has 1 aliphatic rings. The molecule has 0 radical (unpaired) electrons. The van der Waals surface area contributed by atoms with Gasteiger partial charge in [-0.15, -0.1) is 0 Å². The predicted octanol–water partition coefficient (Wildman–Crippen LogP) is 2.96. The van der Waals surface area contributed by atoms with Crippen LogP contribution in [0.25, 0.3) is 0 Å². The Bertz CT molecular complexity index is 509. The van der Waals surface area contributed by atoms with Gasteiger partial charge in [-0.2, -0.15) is 0 Å². The van der Waals surface area contributed by atoms with Crippen molar-refractivity contribution in [2.75, 3.05) is 13.1 Å². The Labute approximate surface area is 120 Å². The Balaban J connectivity index is 1.83. The third kappa shape index (κ3) is 2.94. The number of nitrogens with one attached hydrogen (secondary N) is 2. The van der Waals surface area contributed by atoms with Crippen molar-refractivity contribution < 1.29 is 4.42 Å². The smallest absolute Gasteiger partial charge is 0.125 e. The minimum Gasteiger partial charge on any atom is -0.467 e. The van der Waals surface area contributed by atoms with Crippen molar-refractivity contribution in [1.82, 2.24) is 10.6 Å². The Hall–Kier alpha value is -1.58. The molecule has 1 aromatic heterocycles. The van der Waals surface area contributed by atoms with Crippen LogP contribution in [-0.4, -0.2) is 19.1 Å². The molecule has 0 bridgehead atoms. The maximum Gasteiger partial charge on any atom is 0.125 e. The second kappa shape index (κ2) is 6.25. The molecule has 1 saturated heterocycles. The summed E-state index contributed by atoms with van der Waals surface area (Å²) in [6.07, 6.45) is 2.91. The van der Waals surface area contributed by atoms with Gasteiger partial charge in [-0.25, -0.2) is 0 Å². The molecule has 0 saturated carbocycles. The highest BCUT2D eigenvalue weighted by molar-refractivity contribution is 5.26. The second-order valence-corrected chi connectivity index (χ2v) is 5.60. The Morgan fingerprint density at radius 2 is 2.05 bits per heavy atom. The summed E-state index contributed by atoms with van der Waals surface area (Å²) in [6, 6.07) is 15.2. The highest BCUT2D eigenvalue weighted by atomic mass is 16.3. The highest BCUT2D eigenvalue weighted by Gasteiger charge is 2.26. The van der Waals surface area contributed by atoms with E-state index in [9.17, 15) is 0 Å². The molecular weight excluding hydrogens is 248 g/mol. The van der Waals surface area contributed by atoms with Crippen LogP contribution in [0.2, 0.25) is 0 Å². The quantitative estimate of drug-likeness (QED) is 0.897. The number of piperidine rings is 1. The Morgan fingerprint density at radius 1 is 1.20 bits per heavy atom. The molecule has 1 fully saturated rings. The fourth-order valence-electron chi connectivity index (χ4n) is 2.92. The third-order valence-electron chi connectivity index (χ3n) is 4.13. The van der Waals surface area contributed by atoms with Crippen LogP contribution in [0, 0.1) is 5.92 Å². The molecule has 2 aromatic rings. The molecule has 0 aliphatic carbocycles. The van der Waals surface area contributed by atoms with E-state index < -0.39 is 0 Å². The first-order chi connectivity index (χ1) is 9.84. The van der Waals surface area contributed by atoms with E-state index in [-0.39, 0.29) is 6.04 Å². The topological polar surface area (TPSA) is 37.2 Å². The molecule has 2 N–H and O–H groups in total. The Kier molecular flexibility index (Phi) is 4.19. The molecule has 3 unspecified atom stereocenters. The van der Waals surface area contributed by atoms with Gasteiger partial charge < -0.3 is 15.1 Å². The number of benzene rings is 1. The molecule has 1 aromatic carbocycles. The second-order valence-electron chi connectivity index (χ2n) is 5.60. The van der Waals surface area contributed by atoms with Gasteiger partial charge in [-0.1, -0.05) is 37.3 Å². The summed E-state index contributed by atoms with van der Waals surface area (Å²) in [5.41, 5.74) is 1.26. The zero-order chi connectivity index (χ0) is 13.8. The van der Waals surface area contributed by atoms with Gasteiger partial charge >= 0.3 is 0 Å². The normalized spacial score (nSPS) is 24.4. The van der Waals surface area contributed by atoms with E-state index in [2.05, 4.69) is 54.0 Å². The van der Waals surface area contributed by atoms with Crippen LogP contribution in [0.1, 0.15) is 30.7 Å². The summed E-state index contributed by atoms with van der Waals surface area (Å²) in [7, 11) is 0. The summed E-state index contributed by atoms with van der Waals surface area (Å²) < 4.78 is 5.65. The molecule has 2 heterocycles. The zero-order valence-corrected chi connectivity index (χ0v) is 11.9. The molecule has 3 nitrogen and oxygen atoms in total. The van der Waals surface area contributed by atoms with E-state index in [1.165, 1.54) is 5.56 Å². The number of furan rings is 1. The Morgan fingerprint density at radius 3 is 2.75 bits per heavy atom. The van der Waals surface area contributed by atoms with Crippen LogP contribution in [0.4, 0.5) is 0 Å². The van der Waals surface area contributed by atoms with Crippen LogP contribution in [0.3, 0.4) is 0 Å². The first-order valence-electron chi connectivity index (χ1n) is 7.39. The van der Waals surface area contributed by atoms with Crippen molar-refractivity contribution >= 4 is 0 Å². The number of hydrogen-bond acceptors (Lipinski definition) is 3. The van der Waals surface area contributed by atoms with Gasteiger partial charge in [0.2, 0.25) is 0 Å². The minimum atomic E-state index is 0.136. The van der Waals surface area contributed by atoms with E-state index in [4.69, 9.17) is 4.42 Å². The van der Waals surface area contributed by atoms with Gasteiger partial charge in [-0.05, 0) is 43.1 Å². The average Bonchev–Trinajstić information content (AvgIpc) is 3.01. The third-order valence-corrected chi connectivity index (χ3v) is 4.13. The number of hydrogen-bond donors (Lipinski definition) is 2. The summed E-state index contributed by atoms with van der Waals surface area (Å²) >= 11 is 0. The summed E-state index contributed by atoms with van der Waals surface area (Å²) in [5, 5.41) is 7.24. The lowest BCUT2D eigenvalue weighted by Gasteiger charge is -2.33. The van der Waals surface area contributed by atoms with Crippen LogP contribution in [-0.2, 0) is 0 Å². The molecule has 3 rings (SSSR count). The number of rotatable bonds is 4. The van der Waals surface area contributed by atoms with Crippen molar-refractivity contribution in [3.63, 3.8) is 0 Å². The summed E-state index contributed by atoms with van der Waals surface area (Å²) in [5.74, 6) is 1.62. The molecular formula is C17H22N2O. The molecule has 3 heteroatoms. The fourth-order valence-corrected chi connectivity index (χ4v) is 2.92. The van der Waals surface area contributed by atoms with E-state index in [1.54, 1.807) is 6.26 Å². The molecule has 3 atom stereocenters. The van der Waals surface area contributed by atoms with Gasteiger partial charge in [-0.3, -0.25) is 0 Å². The molecule has 0 amide bonds. The standard InChI is InChI=1S/C17H22N2O/c1-13-12-18-10-9-15(13)19-17(16-8-5-11-20-16)14-6-3-2-4-7-14/h2-8,11,13,15,17-19H,9-10,12H2,1H3. The summed E-state index contributed by atoms with van der Waals surface area (Å²) in [4.78, 5) is 0. The van der Waals surface area contributed by atoms with Crippen molar-refractivity contribution in [1.29, 1.82) is 0 Å². The molecule has 0 spiro atoms. The predicted molar refractivity (Wildman–Crippen MR) is 80.6 cm³/mol. The van der Waals surface area contributed by atoms with Crippen LogP contribution >= 0.6 is 0 Å². The van der Waals surface area contributed by atoms with Crippen molar-refractivity contribution in [2.45, 2.75) is 25.4 Å². The monoisotopic (exact) mass is 270 g/mol. The lowest BCUT2D eigenvalue weighted by molar-refractivity contribution is 0.272. The maximum absolute atomic E-state index is 5.65. The SMILES string of the molecule is CC1CNCCC1NC(c1ccccc1)c1ccco1. The first kappa shape index (κ1) is 13.4. The van der Waals surface area contributed by atoms with E-state index >= 15 is 0 Å². The molecule has 1 aliphatic heterocycles. The highest BCUT2D eigenvalue weighted by Crippen LogP contribution is 2.25. The lowest BCUT2D eigenvalue weighted by atomic mass is 9.93. The molecule has 20 heavy (non-hydrogen) atoms. The van der Waals surface area contributed by atoms with E-state index in [0.29, 0.717) is 12.0 Å². The maximum atomic E-state index is 5.65. The average molecular weight is 270 g/mol. The zero-order valence-electron chi connectivity index (χ0n) is 11.9. The fraction of sp³-hybridized carbons (Fsp3) is 0.412. The lowest BCUT2D eigenvalue weighted by Crippen LogP contribution is -2.47. The largest absolute Gasteiger partial charge is 0.467 e. The van der Waals surface area contributed by atoms with Crippen LogP contribution in [0.5, 0.6) is 0 Å². The minimum absolute atomic E-state index is 0.136. The van der Waals surface area contributed by atoms with E-state index in [1.807, 2.05) is 6.07 Å². The van der Waals surface area contributed by atoms with Gasteiger partial charge in [0.15, 0.2) is 0 Å². The van der Waals surface area contributed by atoms with Crippen LogP contribution in [0.15, 0.2) is 53.1 Å². The van der Waals surface area contributed by atoms with Crippen molar-refractivity contribution in [3.8, 4) is 0 Å². The van der Waals surface area contributed by atoms with E-state index in [0.717, 1.165) is 25.3 Å². The van der Waals surface area contributed by atoms with Gasteiger partial charge in [0, 0.05) is 6.04 Å². The van der Waals surface area contributed by atoms with Gasteiger partial charge in [0.25, 0.3) is 0 Å². The van der Waals surface area contributed by atoms with Crippen LogP contribution < -0.4 is 10.6 Å². The first-order valence-corrected chi connectivity index (χ1v) is 7.39. The summed E-state index contributed by atoms with van der Waals surface area (Å²) in [6.45, 7) is 4.47. The van der Waals surface area contributed by atoms with Crippen molar-refractivity contribution in [3.05, 3.63) is 60.1 Å².